The molecule has 1 aliphatic heterocycles. The molecule has 0 spiro atoms. The van der Waals surface area contributed by atoms with Crippen molar-refractivity contribution < 1.29 is 9.53 Å². The quantitative estimate of drug-likeness (QED) is 0.585. The highest BCUT2D eigenvalue weighted by atomic mass is 35.5. The third-order valence-electron chi connectivity index (χ3n) is 5.42. The van der Waals surface area contributed by atoms with Crippen molar-refractivity contribution in [1.82, 2.24) is 10.2 Å². The lowest BCUT2D eigenvalue weighted by molar-refractivity contribution is -0.126. The lowest BCUT2D eigenvalue weighted by Gasteiger charge is -2.38. The fourth-order valence-corrected chi connectivity index (χ4v) is 3.63. The Balaban J connectivity index is 0.00000364. The number of nitrogens with one attached hydrogen (secondary N) is 1. The van der Waals surface area contributed by atoms with Gasteiger partial charge in [-0.3, -0.25) is 4.79 Å². The lowest BCUT2D eigenvalue weighted by atomic mass is 9.91. The average molecular weight is 434 g/mol. The van der Waals surface area contributed by atoms with Gasteiger partial charge in [0.1, 0.15) is 0 Å². The van der Waals surface area contributed by atoms with E-state index in [0.29, 0.717) is 5.92 Å². The van der Waals surface area contributed by atoms with E-state index in [-0.39, 0.29) is 48.7 Å². The number of benzene rings is 1. The Hall–Kier alpha value is -0.850. The number of carbonyl (C=O) groups excluding carboxylic acids is 1. The molecule has 1 aromatic rings. The Kier molecular flexibility index (Phi) is 13.8. The van der Waals surface area contributed by atoms with Crippen LogP contribution in [-0.4, -0.2) is 49.7 Å². The van der Waals surface area contributed by atoms with Crippen molar-refractivity contribution in [3.63, 3.8) is 0 Å². The molecule has 2 rings (SSSR count). The van der Waals surface area contributed by atoms with Gasteiger partial charge in [0, 0.05) is 44.9 Å². The molecule has 1 aromatic carbocycles. The summed E-state index contributed by atoms with van der Waals surface area (Å²) < 4.78 is 5.41. The molecule has 0 saturated carbocycles. The summed E-state index contributed by atoms with van der Waals surface area (Å²) in [5.74, 6) is 0.261. The molecule has 0 aliphatic carbocycles. The van der Waals surface area contributed by atoms with Crippen LogP contribution in [0.2, 0.25) is 0 Å². The highest BCUT2D eigenvalue weighted by molar-refractivity contribution is 5.85. The van der Waals surface area contributed by atoms with Gasteiger partial charge in [-0.05, 0) is 31.2 Å². The minimum Gasteiger partial charge on any atom is -0.382 e. The van der Waals surface area contributed by atoms with Gasteiger partial charge in [-0.2, -0.15) is 0 Å². The van der Waals surface area contributed by atoms with Gasteiger partial charge in [0.15, 0.2) is 0 Å². The van der Waals surface area contributed by atoms with Crippen molar-refractivity contribution in [2.45, 2.75) is 45.7 Å². The van der Waals surface area contributed by atoms with E-state index in [1.807, 2.05) is 44.2 Å². The molecule has 1 fully saturated rings. The smallest absolute Gasteiger partial charge is 0.224 e. The van der Waals surface area contributed by atoms with Crippen LogP contribution in [0.15, 0.2) is 30.3 Å². The van der Waals surface area contributed by atoms with Crippen LogP contribution in [0.1, 0.15) is 45.2 Å². The molecule has 162 valence electrons. The second kappa shape index (κ2) is 14.2. The number of hydrogen-bond donors (Lipinski definition) is 2. The van der Waals surface area contributed by atoms with E-state index in [9.17, 15) is 4.79 Å². The van der Waals surface area contributed by atoms with Crippen LogP contribution in [0.3, 0.4) is 0 Å². The van der Waals surface area contributed by atoms with Crippen molar-refractivity contribution >= 4 is 30.7 Å². The number of likely N-dealkylation sites (tertiary alicyclic amines) is 1. The van der Waals surface area contributed by atoms with Gasteiger partial charge >= 0.3 is 0 Å². The zero-order valence-corrected chi connectivity index (χ0v) is 18.9. The van der Waals surface area contributed by atoms with Gasteiger partial charge in [0.05, 0.1) is 5.92 Å². The molecular formula is C21H37Cl2N3O2. The molecule has 7 heteroatoms. The second-order valence-corrected chi connectivity index (χ2v) is 7.46. The first-order valence-corrected chi connectivity index (χ1v) is 9.94. The number of hydrogen-bond acceptors (Lipinski definition) is 4. The average Bonchev–Trinajstić information content (AvgIpc) is 2.66. The van der Waals surface area contributed by atoms with Crippen molar-refractivity contribution in [1.29, 1.82) is 0 Å². The number of halogens is 2. The van der Waals surface area contributed by atoms with Crippen LogP contribution < -0.4 is 11.1 Å². The molecule has 4 unspecified atom stereocenters. The maximum absolute atomic E-state index is 12.7. The standard InChI is InChI=1S/C21H35N3O2.2ClH/c1-4-26-14-8-12-24-13-11-19(16(2)15-24)23-21(25)17(3)20(22)18-9-6-5-7-10-18;;/h5-7,9-10,16-17,19-20H,4,8,11-15,22H2,1-3H3,(H,23,25);2*1H. The van der Waals surface area contributed by atoms with Gasteiger partial charge in [0.2, 0.25) is 5.91 Å². The first kappa shape index (κ1) is 27.1. The maximum atomic E-state index is 12.7. The van der Waals surface area contributed by atoms with Crippen LogP contribution >= 0.6 is 24.8 Å². The van der Waals surface area contributed by atoms with Crippen molar-refractivity contribution in [2.75, 3.05) is 32.8 Å². The number of nitrogens with two attached hydrogens (primary N) is 1. The maximum Gasteiger partial charge on any atom is 0.224 e. The summed E-state index contributed by atoms with van der Waals surface area (Å²) in [4.78, 5) is 15.2. The molecule has 1 amide bonds. The predicted octanol–water partition coefficient (Wildman–Crippen LogP) is 3.42. The summed E-state index contributed by atoms with van der Waals surface area (Å²) in [6.07, 6.45) is 2.06. The molecule has 0 bridgehead atoms. The SMILES string of the molecule is CCOCCCN1CCC(NC(=O)C(C)C(N)c2ccccc2)C(C)C1.Cl.Cl. The van der Waals surface area contributed by atoms with Gasteiger partial charge in [-0.1, -0.05) is 44.2 Å². The fourth-order valence-electron chi connectivity index (χ4n) is 3.63. The number of piperidine rings is 1. The summed E-state index contributed by atoms with van der Waals surface area (Å²) in [5.41, 5.74) is 7.31. The van der Waals surface area contributed by atoms with E-state index in [2.05, 4.69) is 17.1 Å². The summed E-state index contributed by atoms with van der Waals surface area (Å²) in [6.45, 7) is 10.9. The predicted molar refractivity (Wildman–Crippen MR) is 120 cm³/mol. The molecule has 4 atom stereocenters. The second-order valence-electron chi connectivity index (χ2n) is 7.46. The monoisotopic (exact) mass is 433 g/mol. The number of rotatable bonds is 9. The Bertz CT molecular complexity index is 548. The molecule has 1 heterocycles. The van der Waals surface area contributed by atoms with Crippen molar-refractivity contribution in [3.05, 3.63) is 35.9 Å². The van der Waals surface area contributed by atoms with E-state index < -0.39 is 0 Å². The zero-order valence-electron chi connectivity index (χ0n) is 17.3. The number of ether oxygens (including phenoxy) is 1. The molecule has 3 N–H and O–H groups in total. The Morgan fingerprint density at radius 3 is 2.61 bits per heavy atom. The molecule has 28 heavy (non-hydrogen) atoms. The van der Waals surface area contributed by atoms with Gasteiger partial charge in [-0.15, -0.1) is 24.8 Å². The summed E-state index contributed by atoms with van der Waals surface area (Å²) in [6, 6.07) is 9.81. The Morgan fingerprint density at radius 2 is 2.00 bits per heavy atom. The summed E-state index contributed by atoms with van der Waals surface area (Å²) >= 11 is 0. The van der Waals surface area contributed by atoms with Crippen LogP contribution in [-0.2, 0) is 9.53 Å². The van der Waals surface area contributed by atoms with E-state index in [0.717, 1.165) is 51.3 Å². The number of amides is 1. The number of carbonyl (C=O) groups is 1. The Morgan fingerprint density at radius 1 is 1.32 bits per heavy atom. The molecule has 1 aliphatic rings. The fraction of sp³-hybridized carbons (Fsp3) is 0.667. The highest BCUT2D eigenvalue weighted by Gasteiger charge is 2.30. The first-order valence-electron chi connectivity index (χ1n) is 9.94. The summed E-state index contributed by atoms with van der Waals surface area (Å²) in [5, 5.41) is 3.25. The molecule has 0 aromatic heterocycles. The lowest BCUT2D eigenvalue weighted by Crippen LogP contribution is -2.51. The first-order chi connectivity index (χ1) is 12.5. The minimum absolute atomic E-state index is 0. The molecular weight excluding hydrogens is 397 g/mol. The largest absolute Gasteiger partial charge is 0.382 e. The zero-order chi connectivity index (χ0) is 18.9. The van der Waals surface area contributed by atoms with E-state index >= 15 is 0 Å². The van der Waals surface area contributed by atoms with Gasteiger partial charge in [-0.25, -0.2) is 0 Å². The molecule has 5 nitrogen and oxygen atoms in total. The van der Waals surface area contributed by atoms with Crippen molar-refractivity contribution in [2.24, 2.45) is 17.6 Å². The van der Waals surface area contributed by atoms with Crippen LogP contribution in [0.4, 0.5) is 0 Å². The minimum atomic E-state index is -0.273. The third kappa shape index (κ3) is 8.26. The van der Waals surface area contributed by atoms with Gasteiger partial charge < -0.3 is 20.7 Å². The number of nitrogens with zero attached hydrogens (tertiary/aromatic N) is 1. The van der Waals surface area contributed by atoms with Crippen LogP contribution in [0.5, 0.6) is 0 Å². The Labute approximate surface area is 182 Å². The van der Waals surface area contributed by atoms with E-state index in [1.54, 1.807) is 0 Å². The normalized spacial score (nSPS) is 21.7. The third-order valence-corrected chi connectivity index (χ3v) is 5.42. The van der Waals surface area contributed by atoms with Gasteiger partial charge in [0.25, 0.3) is 0 Å². The van der Waals surface area contributed by atoms with Crippen LogP contribution in [0.25, 0.3) is 0 Å². The van der Waals surface area contributed by atoms with Crippen molar-refractivity contribution in [3.8, 4) is 0 Å². The topological polar surface area (TPSA) is 67.6 Å². The molecule has 1 saturated heterocycles. The van der Waals surface area contributed by atoms with E-state index in [1.165, 1.54) is 0 Å². The molecule has 0 radical (unpaired) electrons. The van der Waals surface area contributed by atoms with Crippen LogP contribution in [0, 0.1) is 11.8 Å². The summed E-state index contributed by atoms with van der Waals surface area (Å²) in [7, 11) is 0. The van der Waals surface area contributed by atoms with E-state index in [4.69, 9.17) is 10.5 Å². The highest BCUT2D eigenvalue weighted by Crippen LogP contribution is 2.22.